The SMILES string of the molecule is CCOP(=O)(Cc1ccccc1)Oc1ccc(Br)cc1. The number of benzene rings is 2. The van der Waals surface area contributed by atoms with Gasteiger partial charge in [-0.15, -0.1) is 0 Å². The van der Waals surface area contributed by atoms with Gasteiger partial charge in [-0.05, 0) is 36.8 Å². The normalized spacial score (nSPS) is 13.7. The van der Waals surface area contributed by atoms with Gasteiger partial charge in [0, 0.05) is 4.47 Å². The van der Waals surface area contributed by atoms with Crippen LogP contribution in [-0.2, 0) is 15.3 Å². The minimum Gasteiger partial charge on any atom is -0.424 e. The van der Waals surface area contributed by atoms with Crippen LogP contribution in [0.25, 0.3) is 0 Å². The zero-order chi connectivity index (χ0) is 14.4. The molecule has 20 heavy (non-hydrogen) atoms. The second-order valence-corrected chi connectivity index (χ2v) is 7.11. The van der Waals surface area contributed by atoms with Gasteiger partial charge in [-0.2, -0.15) is 0 Å². The van der Waals surface area contributed by atoms with Gasteiger partial charge in [-0.1, -0.05) is 46.3 Å². The summed E-state index contributed by atoms with van der Waals surface area (Å²) in [5, 5.41) is 0. The summed E-state index contributed by atoms with van der Waals surface area (Å²) in [6, 6.07) is 16.8. The smallest absolute Gasteiger partial charge is 0.383 e. The van der Waals surface area contributed by atoms with Gasteiger partial charge in [0.15, 0.2) is 0 Å². The summed E-state index contributed by atoms with van der Waals surface area (Å²) in [5.74, 6) is 0.543. The summed E-state index contributed by atoms with van der Waals surface area (Å²) in [4.78, 5) is 0. The highest BCUT2D eigenvalue weighted by atomic mass is 79.9. The molecule has 2 rings (SSSR count). The maximum Gasteiger partial charge on any atom is 0.383 e. The van der Waals surface area contributed by atoms with Gasteiger partial charge in [-0.25, -0.2) is 4.57 Å². The fraction of sp³-hybridized carbons (Fsp3) is 0.200. The maximum absolute atomic E-state index is 12.8. The van der Waals surface area contributed by atoms with Gasteiger partial charge in [0.1, 0.15) is 5.75 Å². The van der Waals surface area contributed by atoms with Gasteiger partial charge < -0.3 is 4.52 Å². The number of hydrogen-bond donors (Lipinski definition) is 0. The number of halogens is 1. The van der Waals surface area contributed by atoms with Crippen LogP contribution in [0.1, 0.15) is 12.5 Å². The van der Waals surface area contributed by atoms with Gasteiger partial charge in [0.25, 0.3) is 0 Å². The minimum absolute atomic E-state index is 0.262. The molecule has 0 radical (unpaired) electrons. The van der Waals surface area contributed by atoms with E-state index in [9.17, 15) is 4.57 Å². The van der Waals surface area contributed by atoms with Crippen molar-refractivity contribution in [1.29, 1.82) is 0 Å². The van der Waals surface area contributed by atoms with Crippen molar-refractivity contribution in [3.63, 3.8) is 0 Å². The molecule has 106 valence electrons. The molecule has 0 N–H and O–H groups in total. The van der Waals surface area contributed by atoms with Gasteiger partial charge in [0.05, 0.1) is 12.8 Å². The largest absolute Gasteiger partial charge is 0.424 e. The first-order chi connectivity index (χ1) is 9.61. The molecule has 2 aromatic rings. The molecule has 0 aromatic heterocycles. The summed E-state index contributed by atoms with van der Waals surface area (Å²) < 4.78 is 24.7. The van der Waals surface area contributed by atoms with Crippen molar-refractivity contribution in [2.75, 3.05) is 6.61 Å². The Hall–Kier alpha value is -1.09. The Morgan fingerprint density at radius 3 is 2.30 bits per heavy atom. The van der Waals surface area contributed by atoms with Gasteiger partial charge in [0.2, 0.25) is 0 Å². The van der Waals surface area contributed by atoms with Crippen molar-refractivity contribution in [3.8, 4) is 5.75 Å². The molecule has 5 heteroatoms. The van der Waals surface area contributed by atoms with Crippen LogP contribution in [0.2, 0.25) is 0 Å². The third-order valence-electron chi connectivity index (χ3n) is 2.60. The van der Waals surface area contributed by atoms with Crippen LogP contribution in [0.3, 0.4) is 0 Å². The lowest BCUT2D eigenvalue weighted by Gasteiger charge is -2.18. The highest BCUT2D eigenvalue weighted by molar-refractivity contribution is 9.10. The summed E-state index contributed by atoms with van der Waals surface area (Å²) in [6.45, 7) is 2.16. The lowest BCUT2D eigenvalue weighted by atomic mass is 10.2. The first-order valence-corrected chi connectivity index (χ1v) is 8.86. The van der Waals surface area contributed by atoms with Crippen LogP contribution < -0.4 is 4.52 Å². The Morgan fingerprint density at radius 2 is 1.70 bits per heavy atom. The Morgan fingerprint density at radius 1 is 1.05 bits per heavy atom. The maximum atomic E-state index is 12.8. The molecule has 0 saturated carbocycles. The summed E-state index contributed by atoms with van der Waals surface area (Å²) in [7, 11) is -3.19. The van der Waals surface area contributed by atoms with Crippen molar-refractivity contribution < 1.29 is 13.6 Å². The topological polar surface area (TPSA) is 35.5 Å². The van der Waals surface area contributed by atoms with Crippen LogP contribution in [0, 0.1) is 0 Å². The lowest BCUT2D eigenvalue weighted by molar-refractivity contribution is 0.278. The number of rotatable bonds is 6. The van der Waals surface area contributed by atoms with E-state index in [0.29, 0.717) is 12.4 Å². The molecule has 0 aliphatic carbocycles. The van der Waals surface area contributed by atoms with E-state index in [0.717, 1.165) is 10.0 Å². The standard InChI is InChI=1S/C15H16BrO3P/c1-2-18-20(17,12-13-6-4-3-5-7-13)19-15-10-8-14(16)9-11-15/h3-11H,2,12H2,1H3. The van der Waals surface area contributed by atoms with Gasteiger partial charge in [-0.3, -0.25) is 4.52 Å². The van der Waals surface area contributed by atoms with E-state index in [4.69, 9.17) is 9.05 Å². The molecule has 0 heterocycles. The second kappa shape index (κ2) is 7.07. The Bertz CT molecular complexity index is 584. The molecule has 0 amide bonds. The monoisotopic (exact) mass is 354 g/mol. The Kier molecular flexibility index (Phi) is 5.41. The molecule has 0 bridgehead atoms. The summed E-state index contributed by atoms with van der Waals surface area (Å²) in [6.07, 6.45) is 0.262. The highest BCUT2D eigenvalue weighted by Gasteiger charge is 2.26. The number of hydrogen-bond acceptors (Lipinski definition) is 3. The molecule has 1 atom stereocenters. The first-order valence-electron chi connectivity index (χ1n) is 6.34. The van der Waals surface area contributed by atoms with E-state index in [1.54, 1.807) is 12.1 Å². The molecule has 3 nitrogen and oxygen atoms in total. The third kappa shape index (κ3) is 4.48. The van der Waals surface area contributed by atoms with Crippen LogP contribution >= 0.6 is 23.5 Å². The molecule has 0 saturated heterocycles. The zero-order valence-electron chi connectivity index (χ0n) is 11.2. The van der Waals surface area contributed by atoms with E-state index in [2.05, 4.69) is 15.9 Å². The zero-order valence-corrected chi connectivity index (χ0v) is 13.6. The molecule has 0 fully saturated rings. The third-order valence-corrected chi connectivity index (χ3v) is 5.02. The van der Waals surface area contributed by atoms with Crippen LogP contribution in [0.5, 0.6) is 5.75 Å². The molecule has 0 aliphatic heterocycles. The first kappa shape index (κ1) is 15.3. The fourth-order valence-electron chi connectivity index (χ4n) is 1.76. The molecular formula is C15H16BrO3P. The molecule has 2 aromatic carbocycles. The average Bonchev–Trinajstić information content (AvgIpc) is 2.42. The van der Waals surface area contributed by atoms with Crippen LogP contribution in [0.4, 0.5) is 0 Å². The van der Waals surface area contributed by atoms with E-state index in [-0.39, 0.29) is 6.16 Å². The van der Waals surface area contributed by atoms with Crippen LogP contribution in [-0.4, -0.2) is 6.61 Å². The molecule has 0 aliphatic rings. The van der Waals surface area contributed by atoms with E-state index in [1.807, 2.05) is 49.4 Å². The van der Waals surface area contributed by atoms with Crippen molar-refractivity contribution >= 4 is 23.5 Å². The highest BCUT2D eigenvalue weighted by Crippen LogP contribution is 2.51. The molecular weight excluding hydrogens is 339 g/mol. The van der Waals surface area contributed by atoms with Crippen molar-refractivity contribution in [1.82, 2.24) is 0 Å². The van der Waals surface area contributed by atoms with Crippen LogP contribution in [0.15, 0.2) is 59.1 Å². The average molecular weight is 355 g/mol. The predicted molar refractivity (Wildman–Crippen MR) is 84.1 cm³/mol. The Balaban J connectivity index is 2.16. The van der Waals surface area contributed by atoms with E-state index < -0.39 is 7.60 Å². The fourth-order valence-corrected chi connectivity index (χ4v) is 3.73. The Labute approximate surface area is 127 Å². The van der Waals surface area contributed by atoms with Crippen molar-refractivity contribution in [3.05, 3.63) is 64.6 Å². The van der Waals surface area contributed by atoms with Crippen molar-refractivity contribution in [2.24, 2.45) is 0 Å². The quantitative estimate of drug-likeness (QED) is 0.664. The van der Waals surface area contributed by atoms with E-state index >= 15 is 0 Å². The molecule has 1 unspecified atom stereocenters. The predicted octanol–water partition coefficient (Wildman–Crippen LogP) is 5.26. The summed E-state index contributed by atoms with van der Waals surface area (Å²) >= 11 is 3.35. The van der Waals surface area contributed by atoms with Crippen molar-refractivity contribution in [2.45, 2.75) is 13.1 Å². The summed E-state index contributed by atoms with van der Waals surface area (Å²) in [5.41, 5.74) is 0.932. The van der Waals surface area contributed by atoms with Gasteiger partial charge >= 0.3 is 7.60 Å². The second-order valence-electron chi connectivity index (χ2n) is 4.22. The lowest BCUT2D eigenvalue weighted by Crippen LogP contribution is -2.01. The minimum atomic E-state index is -3.19. The van der Waals surface area contributed by atoms with E-state index in [1.165, 1.54) is 0 Å². The molecule has 0 spiro atoms.